The van der Waals surface area contributed by atoms with Crippen molar-refractivity contribution < 1.29 is 4.39 Å². The highest BCUT2D eigenvalue weighted by Gasteiger charge is 2.35. The largest absolute Gasteiger partial charge is 0.342 e. The van der Waals surface area contributed by atoms with Gasteiger partial charge in [-0.3, -0.25) is 4.79 Å². The van der Waals surface area contributed by atoms with Crippen molar-refractivity contribution in [3.05, 3.63) is 45.7 Å². The zero-order valence-electron chi connectivity index (χ0n) is 12.2. The van der Waals surface area contributed by atoms with Crippen molar-refractivity contribution in [2.75, 3.05) is 0 Å². The first-order valence-corrected chi connectivity index (χ1v) is 7.57. The molecular weight excluding hydrogens is 267 g/mol. The second kappa shape index (κ2) is 4.26. The summed E-state index contributed by atoms with van der Waals surface area (Å²) in [6, 6.07) is 0.435. The van der Waals surface area contributed by atoms with E-state index in [1.807, 2.05) is 26.1 Å². The van der Waals surface area contributed by atoms with Gasteiger partial charge in [0.1, 0.15) is 17.2 Å². The van der Waals surface area contributed by atoms with Crippen LogP contribution in [-0.2, 0) is 6.42 Å². The summed E-state index contributed by atoms with van der Waals surface area (Å²) in [5.74, 6) is -0.283. The van der Waals surface area contributed by atoms with Gasteiger partial charge in [-0.2, -0.15) is 0 Å². The highest BCUT2D eigenvalue weighted by molar-refractivity contribution is 6.35. The van der Waals surface area contributed by atoms with E-state index in [-0.39, 0.29) is 17.2 Å². The van der Waals surface area contributed by atoms with Crippen molar-refractivity contribution in [1.29, 1.82) is 0 Å². The van der Waals surface area contributed by atoms with Crippen molar-refractivity contribution in [2.45, 2.75) is 39.2 Å². The lowest BCUT2D eigenvalue weighted by Gasteiger charge is -2.17. The van der Waals surface area contributed by atoms with Crippen LogP contribution in [0.15, 0.2) is 34.0 Å². The van der Waals surface area contributed by atoms with Gasteiger partial charge in [0, 0.05) is 23.4 Å². The van der Waals surface area contributed by atoms with E-state index in [0.29, 0.717) is 23.9 Å². The van der Waals surface area contributed by atoms with E-state index in [1.54, 1.807) is 6.08 Å². The molecule has 1 atom stereocenters. The molecule has 0 saturated heterocycles. The summed E-state index contributed by atoms with van der Waals surface area (Å²) in [6.07, 6.45) is 8.44. The van der Waals surface area contributed by atoms with Crippen LogP contribution in [0.5, 0.6) is 0 Å². The zero-order valence-corrected chi connectivity index (χ0v) is 12.2. The van der Waals surface area contributed by atoms with Gasteiger partial charge >= 0.3 is 0 Å². The summed E-state index contributed by atoms with van der Waals surface area (Å²) in [7, 11) is 0. The highest BCUT2D eigenvalue weighted by Crippen LogP contribution is 2.44. The molecule has 1 saturated carbocycles. The molecule has 4 heteroatoms. The van der Waals surface area contributed by atoms with Gasteiger partial charge in [-0.15, -0.1) is 0 Å². The standard InChI is InChI=1S/C17H17FN2O/c1-3-10-8-20(11-4-5-11)16-12-6-9(2)7-13(18)14(12)19-15(16)17(10)21/h6-9,11H,3-5H2,1-2H3. The summed E-state index contributed by atoms with van der Waals surface area (Å²) in [6.45, 7) is 3.92. The lowest BCUT2D eigenvalue weighted by molar-refractivity contribution is 0.664. The third-order valence-electron chi connectivity index (χ3n) is 4.40. The molecule has 2 heterocycles. The van der Waals surface area contributed by atoms with Crippen LogP contribution in [0, 0.1) is 5.92 Å². The molecule has 3 nitrogen and oxygen atoms in total. The first-order valence-electron chi connectivity index (χ1n) is 7.57. The molecule has 0 bridgehead atoms. The molecule has 0 amide bonds. The molecular formula is C17H17FN2O. The van der Waals surface area contributed by atoms with E-state index in [9.17, 15) is 9.18 Å². The monoisotopic (exact) mass is 284 g/mol. The molecule has 0 aromatic carbocycles. The topological polar surface area (TPSA) is 34.4 Å². The number of aryl methyl sites for hydroxylation is 1. The molecule has 0 spiro atoms. The Balaban J connectivity index is 2.02. The number of nitrogens with zero attached hydrogens (tertiary/aromatic N) is 2. The number of aromatic nitrogens is 1. The number of fused-ring (bicyclic) bond motifs is 3. The van der Waals surface area contributed by atoms with E-state index in [4.69, 9.17) is 0 Å². The molecule has 108 valence electrons. The molecule has 2 aliphatic carbocycles. The van der Waals surface area contributed by atoms with Gasteiger partial charge in [-0.05, 0) is 31.3 Å². The lowest BCUT2D eigenvalue weighted by Crippen LogP contribution is -2.16. The summed E-state index contributed by atoms with van der Waals surface area (Å²) in [5.41, 5.74) is 3.10. The van der Waals surface area contributed by atoms with Crippen LogP contribution in [0.2, 0.25) is 0 Å². The zero-order chi connectivity index (χ0) is 14.7. The minimum absolute atomic E-state index is 0.0264. The van der Waals surface area contributed by atoms with Crippen LogP contribution in [0.25, 0.3) is 5.57 Å². The van der Waals surface area contributed by atoms with Crippen LogP contribution in [0.3, 0.4) is 0 Å². The van der Waals surface area contributed by atoms with Crippen molar-refractivity contribution >= 4 is 17.0 Å². The molecule has 1 fully saturated rings. The maximum absolute atomic E-state index is 14.2. The normalized spacial score (nSPS) is 23.2. The van der Waals surface area contributed by atoms with Gasteiger partial charge in [0.2, 0.25) is 5.43 Å². The summed E-state index contributed by atoms with van der Waals surface area (Å²) < 4.78 is 16.4. The predicted molar refractivity (Wildman–Crippen MR) is 81.8 cm³/mol. The Kier molecular flexibility index (Phi) is 2.59. The van der Waals surface area contributed by atoms with Gasteiger partial charge in [0.25, 0.3) is 0 Å². The summed E-state index contributed by atoms with van der Waals surface area (Å²) in [5, 5.41) is 0. The molecule has 1 aliphatic heterocycles. The maximum Gasteiger partial charge on any atom is 0.210 e. The predicted octanol–water partition coefficient (Wildman–Crippen LogP) is 3.72. The molecule has 1 aromatic rings. The fourth-order valence-corrected chi connectivity index (χ4v) is 3.18. The van der Waals surface area contributed by atoms with Gasteiger partial charge in [0.05, 0.1) is 5.69 Å². The second-order valence-corrected chi connectivity index (χ2v) is 6.09. The van der Waals surface area contributed by atoms with E-state index in [0.717, 1.165) is 29.7 Å². The molecule has 0 radical (unpaired) electrons. The van der Waals surface area contributed by atoms with Crippen LogP contribution in [0.4, 0.5) is 10.1 Å². The molecule has 0 N–H and O–H groups in total. The molecule has 3 aliphatic rings. The minimum Gasteiger partial charge on any atom is -0.342 e. The lowest BCUT2D eigenvalue weighted by atomic mass is 9.94. The van der Waals surface area contributed by atoms with Crippen LogP contribution >= 0.6 is 0 Å². The average molecular weight is 284 g/mol. The molecule has 1 unspecified atom stereocenters. The average Bonchev–Trinajstić information content (AvgIpc) is 3.21. The van der Waals surface area contributed by atoms with Gasteiger partial charge in [-0.1, -0.05) is 19.9 Å². The Morgan fingerprint density at radius 3 is 2.81 bits per heavy atom. The summed E-state index contributed by atoms with van der Waals surface area (Å²) in [4.78, 5) is 16.9. The van der Waals surface area contributed by atoms with E-state index in [2.05, 4.69) is 9.56 Å². The Labute approximate surface area is 122 Å². The van der Waals surface area contributed by atoms with Crippen LogP contribution in [0.1, 0.15) is 44.0 Å². The van der Waals surface area contributed by atoms with E-state index in [1.165, 1.54) is 0 Å². The number of halogens is 1. The first-order chi connectivity index (χ1) is 10.1. The Bertz CT molecular complexity index is 794. The highest BCUT2D eigenvalue weighted by atomic mass is 19.1. The third-order valence-corrected chi connectivity index (χ3v) is 4.40. The van der Waals surface area contributed by atoms with Gasteiger partial charge in [0.15, 0.2) is 0 Å². The van der Waals surface area contributed by atoms with Crippen molar-refractivity contribution in [2.24, 2.45) is 10.9 Å². The first kappa shape index (κ1) is 12.7. The smallest absolute Gasteiger partial charge is 0.210 e. The van der Waals surface area contributed by atoms with Crippen LogP contribution < -0.4 is 5.43 Å². The number of pyridine rings is 1. The number of hydrogen-bond donors (Lipinski definition) is 0. The Morgan fingerprint density at radius 1 is 1.38 bits per heavy atom. The van der Waals surface area contributed by atoms with Gasteiger partial charge in [-0.25, -0.2) is 9.38 Å². The maximum atomic E-state index is 14.2. The second-order valence-electron chi connectivity index (χ2n) is 6.09. The van der Waals surface area contributed by atoms with E-state index >= 15 is 0 Å². The Hall–Kier alpha value is -1.97. The fourth-order valence-electron chi connectivity index (χ4n) is 3.18. The quantitative estimate of drug-likeness (QED) is 0.815. The summed E-state index contributed by atoms with van der Waals surface area (Å²) >= 11 is 0. The fraction of sp³-hybridized carbons (Fsp3) is 0.412. The van der Waals surface area contributed by atoms with Crippen molar-refractivity contribution in [3.63, 3.8) is 0 Å². The third kappa shape index (κ3) is 1.78. The van der Waals surface area contributed by atoms with Crippen LogP contribution in [-0.4, -0.2) is 10.3 Å². The number of aliphatic imine (C=N–C) groups is 1. The van der Waals surface area contributed by atoms with Crippen molar-refractivity contribution in [1.82, 2.24) is 4.57 Å². The van der Waals surface area contributed by atoms with Gasteiger partial charge < -0.3 is 4.57 Å². The number of rotatable bonds is 2. The molecule has 1 aromatic heterocycles. The van der Waals surface area contributed by atoms with E-state index < -0.39 is 0 Å². The van der Waals surface area contributed by atoms with Crippen molar-refractivity contribution in [3.8, 4) is 0 Å². The Morgan fingerprint density at radius 2 is 2.14 bits per heavy atom. The SMILES string of the molecule is CCc1cn(C2CC2)c2c(c1=O)N=C1C(F)=CC(C)C=C12. The number of hydrogen-bond acceptors (Lipinski definition) is 2. The molecule has 21 heavy (non-hydrogen) atoms. The minimum atomic E-state index is -0.309. The molecule has 4 rings (SSSR count). The number of allylic oxidation sites excluding steroid dienone is 4.